The zero-order valence-corrected chi connectivity index (χ0v) is 11.3. The van der Waals surface area contributed by atoms with Crippen LogP contribution < -0.4 is 5.32 Å². The van der Waals surface area contributed by atoms with E-state index in [1.807, 2.05) is 39.0 Å². The zero-order valence-electron chi connectivity index (χ0n) is 11.3. The summed E-state index contributed by atoms with van der Waals surface area (Å²) >= 11 is 0. The summed E-state index contributed by atoms with van der Waals surface area (Å²) in [6.45, 7) is 6.25. The minimum Gasteiger partial charge on any atom is -0.344 e. The second kappa shape index (κ2) is 5.60. The molecule has 0 aliphatic carbocycles. The van der Waals surface area contributed by atoms with E-state index < -0.39 is 0 Å². The van der Waals surface area contributed by atoms with E-state index in [0.717, 1.165) is 11.4 Å². The van der Waals surface area contributed by atoms with Crippen molar-refractivity contribution in [2.45, 2.75) is 33.2 Å². The van der Waals surface area contributed by atoms with Crippen molar-refractivity contribution in [3.05, 3.63) is 41.2 Å². The second-order valence-electron chi connectivity index (χ2n) is 4.65. The van der Waals surface area contributed by atoms with Crippen LogP contribution in [0.3, 0.4) is 0 Å². The number of nitrogens with one attached hydrogen (secondary N) is 2. The van der Waals surface area contributed by atoms with Crippen LogP contribution in [0.2, 0.25) is 0 Å². The van der Waals surface area contributed by atoms with Crippen LogP contribution in [0.5, 0.6) is 0 Å². The standard InChI is InChI=1S/C13H17N5O/c1-8(2)11-16-12(18-17-11)13(19)14-7-10-6-4-5-9(3)15-10/h4-6,8H,7H2,1-3H3,(H,14,19)(H,16,17,18). The molecule has 2 heterocycles. The van der Waals surface area contributed by atoms with E-state index in [-0.39, 0.29) is 17.6 Å². The van der Waals surface area contributed by atoms with E-state index in [2.05, 4.69) is 25.5 Å². The Morgan fingerprint density at radius 3 is 2.79 bits per heavy atom. The minimum absolute atomic E-state index is 0.163. The first-order valence-corrected chi connectivity index (χ1v) is 6.19. The Labute approximate surface area is 111 Å². The Balaban J connectivity index is 1.97. The Kier molecular flexibility index (Phi) is 3.89. The average Bonchev–Trinajstić information content (AvgIpc) is 2.86. The number of aromatic amines is 1. The van der Waals surface area contributed by atoms with E-state index in [4.69, 9.17) is 0 Å². The van der Waals surface area contributed by atoms with Crippen LogP contribution in [-0.4, -0.2) is 26.1 Å². The molecule has 6 heteroatoms. The first kappa shape index (κ1) is 13.2. The highest BCUT2D eigenvalue weighted by Gasteiger charge is 2.13. The van der Waals surface area contributed by atoms with Crippen LogP contribution in [-0.2, 0) is 6.54 Å². The van der Waals surface area contributed by atoms with Crippen LogP contribution in [0.15, 0.2) is 18.2 Å². The lowest BCUT2D eigenvalue weighted by Crippen LogP contribution is -2.24. The van der Waals surface area contributed by atoms with Gasteiger partial charge in [0.2, 0.25) is 5.82 Å². The Bertz CT molecular complexity index is 576. The monoisotopic (exact) mass is 259 g/mol. The largest absolute Gasteiger partial charge is 0.344 e. The van der Waals surface area contributed by atoms with Gasteiger partial charge in [-0.05, 0) is 19.1 Å². The molecule has 0 atom stereocenters. The lowest BCUT2D eigenvalue weighted by atomic mass is 10.2. The minimum atomic E-state index is -0.300. The molecular weight excluding hydrogens is 242 g/mol. The van der Waals surface area contributed by atoms with Crippen LogP contribution in [0, 0.1) is 6.92 Å². The maximum Gasteiger partial charge on any atom is 0.291 e. The molecule has 2 N–H and O–H groups in total. The molecule has 0 aromatic carbocycles. The molecule has 0 aliphatic rings. The van der Waals surface area contributed by atoms with Crippen molar-refractivity contribution in [1.82, 2.24) is 25.5 Å². The third kappa shape index (κ3) is 3.37. The van der Waals surface area contributed by atoms with Crippen molar-refractivity contribution in [3.8, 4) is 0 Å². The molecule has 0 unspecified atom stereocenters. The molecule has 6 nitrogen and oxygen atoms in total. The highest BCUT2D eigenvalue weighted by molar-refractivity contribution is 5.90. The van der Waals surface area contributed by atoms with Crippen molar-refractivity contribution in [2.75, 3.05) is 0 Å². The zero-order chi connectivity index (χ0) is 13.8. The number of carbonyl (C=O) groups excluding carboxylic acids is 1. The average molecular weight is 259 g/mol. The van der Waals surface area contributed by atoms with E-state index in [0.29, 0.717) is 12.4 Å². The van der Waals surface area contributed by atoms with Gasteiger partial charge in [0.15, 0.2) is 0 Å². The van der Waals surface area contributed by atoms with E-state index >= 15 is 0 Å². The van der Waals surface area contributed by atoms with Gasteiger partial charge in [-0.15, -0.1) is 5.10 Å². The first-order valence-electron chi connectivity index (χ1n) is 6.19. The van der Waals surface area contributed by atoms with E-state index in [1.165, 1.54) is 0 Å². The summed E-state index contributed by atoms with van der Waals surface area (Å²) in [4.78, 5) is 20.3. The summed E-state index contributed by atoms with van der Waals surface area (Å²) in [7, 11) is 0. The van der Waals surface area contributed by atoms with Gasteiger partial charge in [0.25, 0.3) is 5.91 Å². The fourth-order valence-electron chi connectivity index (χ4n) is 1.58. The van der Waals surface area contributed by atoms with Crippen LogP contribution >= 0.6 is 0 Å². The maximum atomic E-state index is 11.9. The smallest absolute Gasteiger partial charge is 0.291 e. The van der Waals surface area contributed by atoms with Gasteiger partial charge in [0.05, 0.1) is 12.2 Å². The predicted molar refractivity (Wildman–Crippen MR) is 70.6 cm³/mol. The summed E-state index contributed by atoms with van der Waals surface area (Å²) in [5, 5.41) is 9.40. The summed E-state index contributed by atoms with van der Waals surface area (Å²) in [6, 6.07) is 5.69. The number of amides is 1. The molecule has 2 aromatic heterocycles. The number of hydrogen-bond acceptors (Lipinski definition) is 4. The topological polar surface area (TPSA) is 83.6 Å². The molecule has 2 aromatic rings. The third-order valence-electron chi connectivity index (χ3n) is 2.63. The Morgan fingerprint density at radius 2 is 2.16 bits per heavy atom. The highest BCUT2D eigenvalue weighted by atomic mass is 16.2. The third-order valence-corrected chi connectivity index (χ3v) is 2.63. The molecule has 0 fully saturated rings. The van der Waals surface area contributed by atoms with Gasteiger partial charge in [0, 0.05) is 11.6 Å². The molecule has 0 saturated heterocycles. The number of rotatable bonds is 4. The Hall–Kier alpha value is -2.24. The summed E-state index contributed by atoms with van der Waals surface area (Å²) in [5.41, 5.74) is 1.74. The molecule has 1 amide bonds. The van der Waals surface area contributed by atoms with Gasteiger partial charge in [0.1, 0.15) is 5.82 Å². The quantitative estimate of drug-likeness (QED) is 0.872. The molecule has 0 bridgehead atoms. The molecule has 0 aliphatic heterocycles. The van der Waals surface area contributed by atoms with Crippen molar-refractivity contribution in [2.24, 2.45) is 0 Å². The normalized spacial score (nSPS) is 10.7. The van der Waals surface area contributed by atoms with Crippen molar-refractivity contribution >= 4 is 5.91 Å². The second-order valence-corrected chi connectivity index (χ2v) is 4.65. The first-order chi connectivity index (χ1) is 9.06. The summed E-state index contributed by atoms with van der Waals surface area (Å²) < 4.78 is 0. The number of hydrogen-bond donors (Lipinski definition) is 2. The van der Waals surface area contributed by atoms with Gasteiger partial charge in [-0.1, -0.05) is 19.9 Å². The molecular formula is C13H17N5O. The van der Waals surface area contributed by atoms with E-state index in [9.17, 15) is 4.79 Å². The molecule has 2 rings (SSSR count). The maximum absolute atomic E-state index is 11.9. The van der Waals surface area contributed by atoms with Gasteiger partial charge >= 0.3 is 0 Å². The van der Waals surface area contributed by atoms with Gasteiger partial charge in [-0.25, -0.2) is 4.98 Å². The number of carbonyl (C=O) groups is 1. The van der Waals surface area contributed by atoms with Crippen LogP contribution in [0.25, 0.3) is 0 Å². The van der Waals surface area contributed by atoms with Gasteiger partial charge < -0.3 is 5.32 Å². The van der Waals surface area contributed by atoms with Crippen molar-refractivity contribution in [1.29, 1.82) is 0 Å². The van der Waals surface area contributed by atoms with Crippen LogP contribution in [0.4, 0.5) is 0 Å². The number of pyridine rings is 1. The lowest BCUT2D eigenvalue weighted by molar-refractivity contribution is 0.0940. The fourth-order valence-corrected chi connectivity index (χ4v) is 1.58. The van der Waals surface area contributed by atoms with Gasteiger partial charge in [-0.2, -0.15) is 0 Å². The predicted octanol–water partition coefficient (Wildman–Crippen LogP) is 1.56. The molecule has 100 valence electrons. The molecule has 0 radical (unpaired) electrons. The molecule has 19 heavy (non-hydrogen) atoms. The number of H-pyrrole nitrogens is 1. The highest BCUT2D eigenvalue weighted by Crippen LogP contribution is 2.07. The summed E-state index contributed by atoms with van der Waals surface area (Å²) in [6.07, 6.45) is 0. The summed E-state index contributed by atoms with van der Waals surface area (Å²) in [5.74, 6) is 0.786. The lowest BCUT2D eigenvalue weighted by Gasteiger charge is -2.02. The molecule has 0 spiro atoms. The molecule has 0 saturated carbocycles. The number of aryl methyl sites for hydroxylation is 1. The van der Waals surface area contributed by atoms with Crippen molar-refractivity contribution < 1.29 is 4.79 Å². The fraction of sp³-hybridized carbons (Fsp3) is 0.385. The van der Waals surface area contributed by atoms with E-state index in [1.54, 1.807) is 0 Å². The van der Waals surface area contributed by atoms with Crippen molar-refractivity contribution in [3.63, 3.8) is 0 Å². The van der Waals surface area contributed by atoms with Crippen LogP contribution in [0.1, 0.15) is 47.6 Å². The number of aromatic nitrogens is 4. The Morgan fingerprint density at radius 1 is 1.37 bits per heavy atom. The SMILES string of the molecule is Cc1cccc(CNC(=O)c2n[nH]c(C(C)C)n2)n1. The number of nitrogens with zero attached hydrogens (tertiary/aromatic N) is 3. The van der Waals surface area contributed by atoms with Gasteiger partial charge in [-0.3, -0.25) is 14.9 Å².